The first-order chi connectivity index (χ1) is 8.97. The minimum Gasteiger partial charge on any atom is -0.478 e. The maximum absolute atomic E-state index is 13.4. The molecule has 2 aromatic rings. The van der Waals surface area contributed by atoms with Crippen molar-refractivity contribution in [1.82, 2.24) is 0 Å². The zero-order valence-electron chi connectivity index (χ0n) is 9.98. The van der Waals surface area contributed by atoms with E-state index in [2.05, 4.69) is 0 Å². The monoisotopic (exact) mass is 264 g/mol. The third-order valence-electron chi connectivity index (χ3n) is 2.55. The molecule has 2 rings (SSSR count). The highest BCUT2D eigenvalue weighted by atomic mass is 19.1. The third-order valence-corrected chi connectivity index (χ3v) is 2.55. The van der Waals surface area contributed by atoms with Gasteiger partial charge in [-0.1, -0.05) is 0 Å². The van der Waals surface area contributed by atoms with Gasteiger partial charge in [-0.25, -0.2) is 13.6 Å². The highest BCUT2D eigenvalue weighted by Crippen LogP contribution is 2.26. The molecule has 2 aromatic carbocycles. The second-order valence-corrected chi connectivity index (χ2v) is 3.96. The number of rotatable bonds is 3. The molecule has 0 aromatic heterocycles. The summed E-state index contributed by atoms with van der Waals surface area (Å²) >= 11 is 0. The van der Waals surface area contributed by atoms with Gasteiger partial charge in [0.05, 0.1) is 5.56 Å². The molecule has 0 saturated heterocycles. The first-order valence-electron chi connectivity index (χ1n) is 5.44. The van der Waals surface area contributed by atoms with Crippen LogP contribution in [0.3, 0.4) is 0 Å². The quantitative estimate of drug-likeness (QED) is 0.918. The lowest BCUT2D eigenvalue weighted by molar-refractivity contribution is 0.0696. The highest BCUT2D eigenvalue weighted by Gasteiger charge is 2.10. The van der Waals surface area contributed by atoms with Gasteiger partial charge in [-0.15, -0.1) is 0 Å². The normalized spacial score (nSPS) is 10.3. The van der Waals surface area contributed by atoms with E-state index in [1.165, 1.54) is 18.2 Å². The van der Waals surface area contributed by atoms with E-state index in [1.807, 2.05) is 0 Å². The standard InChI is InChI=1S/C14H10F2O3/c1-8-6-10(3-4-11(8)14(17)18)19-13-7-9(15)2-5-12(13)16/h2-7H,1H3,(H,17,18). The van der Waals surface area contributed by atoms with Gasteiger partial charge in [0.2, 0.25) is 0 Å². The van der Waals surface area contributed by atoms with Crippen LogP contribution in [0.4, 0.5) is 8.78 Å². The molecule has 0 spiro atoms. The number of ether oxygens (including phenoxy) is 1. The number of halogens is 2. The molecule has 0 fully saturated rings. The fourth-order valence-corrected chi connectivity index (χ4v) is 1.62. The molecule has 0 heterocycles. The smallest absolute Gasteiger partial charge is 0.335 e. The molecular formula is C14H10F2O3. The van der Waals surface area contributed by atoms with E-state index in [0.29, 0.717) is 5.56 Å². The van der Waals surface area contributed by atoms with Gasteiger partial charge >= 0.3 is 5.97 Å². The van der Waals surface area contributed by atoms with E-state index in [-0.39, 0.29) is 17.1 Å². The average molecular weight is 264 g/mol. The van der Waals surface area contributed by atoms with E-state index in [9.17, 15) is 13.6 Å². The number of hydrogen-bond acceptors (Lipinski definition) is 2. The molecule has 1 N–H and O–H groups in total. The molecule has 0 radical (unpaired) electrons. The first kappa shape index (κ1) is 13.0. The summed E-state index contributed by atoms with van der Waals surface area (Å²) in [6.07, 6.45) is 0. The predicted octanol–water partition coefficient (Wildman–Crippen LogP) is 3.76. The summed E-state index contributed by atoms with van der Waals surface area (Å²) in [5.41, 5.74) is 0.605. The second-order valence-electron chi connectivity index (χ2n) is 3.96. The molecule has 0 unspecified atom stereocenters. The van der Waals surface area contributed by atoms with Gasteiger partial charge in [0.15, 0.2) is 11.6 Å². The Bertz CT molecular complexity index is 639. The van der Waals surface area contributed by atoms with Crippen LogP contribution < -0.4 is 4.74 Å². The summed E-state index contributed by atoms with van der Waals surface area (Å²) in [5, 5.41) is 8.88. The Morgan fingerprint density at radius 3 is 2.53 bits per heavy atom. The third kappa shape index (κ3) is 2.88. The number of hydrogen-bond donors (Lipinski definition) is 1. The SMILES string of the molecule is Cc1cc(Oc2cc(F)ccc2F)ccc1C(=O)O. The van der Waals surface area contributed by atoms with Crippen LogP contribution in [0.1, 0.15) is 15.9 Å². The van der Waals surface area contributed by atoms with Crippen LogP contribution in [0, 0.1) is 18.6 Å². The number of benzene rings is 2. The zero-order chi connectivity index (χ0) is 14.0. The van der Waals surface area contributed by atoms with Crippen molar-refractivity contribution < 1.29 is 23.4 Å². The fourth-order valence-electron chi connectivity index (χ4n) is 1.62. The largest absolute Gasteiger partial charge is 0.478 e. The maximum atomic E-state index is 13.4. The number of aryl methyl sites for hydroxylation is 1. The first-order valence-corrected chi connectivity index (χ1v) is 5.44. The molecule has 98 valence electrons. The van der Waals surface area contributed by atoms with Crippen LogP contribution in [0.2, 0.25) is 0 Å². The number of carbonyl (C=O) groups is 1. The number of aromatic carboxylic acids is 1. The van der Waals surface area contributed by atoms with E-state index in [0.717, 1.165) is 18.2 Å². The zero-order valence-corrected chi connectivity index (χ0v) is 9.98. The van der Waals surface area contributed by atoms with Crippen LogP contribution in [0.5, 0.6) is 11.5 Å². The topological polar surface area (TPSA) is 46.5 Å². The van der Waals surface area contributed by atoms with Gasteiger partial charge < -0.3 is 9.84 Å². The summed E-state index contributed by atoms with van der Waals surface area (Å²) in [5.74, 6) is -2.37. The Hall–Kier alpha value is -2.43. The lowest BCUT2D eigenvalue weighted by Crippen LogP contribution is -1.99. The van der Waals surface area contributed by atoms with Crippen LogP contribution in [-0.4, -0.2) is 11.1 Å². The number of carboxylic acid groups (broad SMARTS) is 1. The summed E-state index contributed by atoms with van der Waals surface area (Å²) in [4.78, 5) is 10.8. The Kier molecular flexibility index (Phi) is 3.46. The predicted molar refractivity (Wildman–Crippen MR) is 64.6 cm³/mol. The van der Waals surface area contributed by atoms with E-state index >= 15 is 0 Å². The maximum Gasteiger partial charge on any atom is 0.335 e. The van der Waals surface area contributed by atoms with Crippen LogP contribution in [-0.2, 0) is 0 Å². The second kappa shape index (κ2) is 5.06. The Labute approximate surface area is 108 Å². The number of carboxylic acids is 1. The van der Waals surface area contributed by atoms with Gasteiger partial charge in [-0.3, -0.25) is 0 Å². The Morgan fingerprint density at radius 1 is 1.16 bits per heavy atom. The molecule has 5 heteroatoms. The molecule has 0 atom stereocenters. The lowest BCUT2D eigenvalue weighted by atomic mass is 10.1. The average Bonchev–Trinajstić information content (AvgIpc) is 2.33. The molecule has 0 saturated carbocycles. The summed E-state index contributed by atoms with van der Waals surface area (Å²) in [7, 11) is 0. The van der Waals surface area contributed by atoms with Crippen LogP contribution >= 0.6 is 0 Å². The molecule has 0 aliphatic heterocycles. The summed E-state index contributed by atoms with van der Waals surface area (Å²) < 4.78 is 31.5. The van der Waals surface area contributed by atoms with Crippen molar-refractivity contribution in [1.29, 1.82) is 0 Å². The van der Waals surface area contributed by atoms with E-state index in [4.69, 9.17) is 9.84 Å². The Morgan fingerprint density at radius 2 is 1.89 bits per heavy atom. The molecule has 0 amide bonds. The molecular weight excluding hydrogens is 254 g/mol. The molecule has 19 heavy (non-hydrogen) atoms. The minimum absolute atomic E-state index is 0.132. The van der Waals surface area contributed by atoms with Gasteiger partial charge in [-0.2, -0.15) is 0 Å². The van der Waals surface area contributed by atoms with Crippen molar-refractivity contribution >= 4 is 5.97 Å². The summed E-state index contributed by atoms with van der Waals surface area (Å²) in [6.45, 7) is 1.60. The van der Waals surface area contributed by atoms with Crippen molar-refractivity contribution in [3.05, 3.63) is 59.2 Å². The molecule has 3 nitrogen and oxygen atoms in total. The van der Waals surface area contributed by atoms with Crippen molar-refractivity contribution in [2.45, 2.75) is 6.92 Å². The lowest BCUT2D eigenvalue weighted by Gasteiger charge is -2.08. The fraction of sp³-hybridized carbons (Fsp3) is 0.0714. The highest BCUT2D eigenvalue weighted by molar-refractivity contribution is 5.89. The minimum atomic E-state index is -1.05. The summed E-state index contributed by atoms with van der Waals surface area (Å²) in [6, 6.07) is 7.07. The van der Waals surface area contributed by atoms with Gasteiger partial charge in [0.25, 0.3) is 0 Å². The van der Waals surface area contributed by atoms with Crippen molar-refractivity contribution in [2.24, 2.45) is 0 Å². The molecule has 0 aliphatic rings. The van der Waals surface area contributed by atoms with Gasteiger partial charge in [0, 0.05) is 6.07 Å². The van der Waals surface area contributed by atoms with E-state index in [1.54, 1.807) is 6.92 Å². The van der Waals surface area contributed by atoms with Gasteiger partial charge in [0.1, 0.15) is 11.6 Å². The van der Waals surface area contributed by atoms with Crippen molar-refractivity contribution in [3.8, 4) is 11.5 Å². The van der Waals surface area contributed by atoms with Crippen LogP contribution in [0.15, 0.2) is 36.4 Å². The van der Waals surface area contributed by atoms with Crippen molar-refractivity contribution in [2.75, 3.05) is 0 Å². The van der Waals surface area contributed by atoms with Crippen molar-refractivity contribution in [3.63, 3.8) is 0 Å². The van der Waals surface area contributed by atoms with Gasteiger partial charge in [-0.05, 0) is 42.8 Å². The Balaban J connectivity index is 2.31. The molecule has 0 bridgehead atoms. The molecule has 0 aliphatic carbocycles. The van der Waals surface area contributed by atoms with E-state index < -0.39 is 17.6 Å². The van der Waals surface area contributed by atoms with Crippen LogP contribution in [0.25, 0.3) is 0 Å².